The predicted octanol–water partition coefficient (Wildman–Crippen LogP) is 2.25. The molecule has 1 aliphatic heterocycles. The maximum atomic E-state index is 11.8. The van der Waals surface area contributed by atoms with Crippen LogP contribution in [0.2, 0.25) is 0 Å². The lowest BCUT2D eigenvalue weighted by molar-refractivity contribution is 0.0900. The Morgan fingerprint density at radius 3 is 2.90 bits per heavy atom. The minimum absolute atomic E-state index is 0.0917. The summed E-state index contributed by atoms with van der Waals surface area (Å²) in [5.74, 6) is 0.434. The number of ether oxygens (including phenoxy) is 1. The first kappa shape index (κ1) is 15.6. The Labute approximate surface area is 126 Å². The molecule has 116 valence electrons. The van der Waals surface area contributed by atoms with Gasteiger partial charge in [0.15, 0.2) is 0 Å². The van der Waals surface area contributed by atoms with Crippen molar-refractivity contribution < 1.29 is 9.53 Å². The summed E-state index contributed by atoms with van der Waals surface area (Å²) < 4.78 is 5.69. The second kappa shape index (κ2) is 7.31. The maximum absolute atomic E-state index is 11.8. The van der Waals surface area contributed by atoms with E-state index in [4.69, 9.17) is 10.5 Å². The van der Waals surface area contributed by atoms with Gasteiger partial charge in [-0.25, -0.2) is 0 Å². The Kier molecular flexibility index (Phi) is 5.44. The topological polar surface area (TPSA) is 76.4 Å². The first-order valence-electron chi connectivity index (χ1n) is 7.68. The lowest BCUT2D eigenvalue weighted by Gasteiger charge is -2.19. The van der Waals surface area contributed by atoms with Gasteiger partial charge in [0.2, 0.25) is 0 Å². The van der Waals surface area contributed by atoms with Gasteiger partial charge in [-0.05, 0) is 38.0 Å². The molecule has 2 unspecified atom stereocenters. The Balaban J connectivity index is 1.96. The summed E-state index contributed by atoms with van der Waals surface area (Å²) in [5, 5.41) is 6.15. The van der Waals surface area contributed by atoms with Gasteiger partial charge in [0, 0.05) is 31.2 Å². The number of nitrogens with two attached hydrogens (primary N) is 1. The van der Waals surface area contributed by atoms with Crippen LogP contribution in [0.4, 0.5) is 11.4 Å². The van der Waals surface area contributed by atoms with E-state index in [-0.39, 0.29) is 5.91 Å². The highest BCUT2D eigenvalue weighted by atomic mass is 16.5. The summed E-state index contributed by atoms with van der Waals surface area (Å²) in [6.07, 6.45) is 2.47. The van der Waals surface area contributed by atoms with Crippen LogP contribution in [0.15, 0.2) is 18.2 Å². The van der Waals surface area contributed by atoms with E-state index in [1.165, 1.54) is 0 Å². The van der Waals surface area contributed by atoms with Crippen LogP contribution >= 0.6 is 0 Å². The zero-order valence-electron chi connectivity index (χ0n) is 12.8. The van der Waals surface area contributed by atoms with Crippen LogP contribution in [-0.2, 0) is 4.74 Å². The zero-order chi connectivity index (χ0) is 15.2. The molecular formula is C16H25N3O2. The summed E-state index contributed by atoms with van der Waals surface area (Å²) in [6, 6.07) is 5.39. The van der Waals surface area contributed by atoms with Crippen molar-refractivity contribution in [3.8, 4) is 0 Å². The quantitative estimate of drug-likeness (QED) is 0.703. The molecule has 0 aromatic heterocycles. The molecule has 2 atom stereocenters. The molecule has 0 aliphatic carbocycles. The smallest absolute Gasteiger partial charge is 0.251 e. The van der Waals surface area contributed by atoms with Crippen molar-refractivity contribution >= 4 is 17.3 Å². The highest BCUT2D eigenvalue weighted by molar-refractivity contribution is 5.96. The Morgan fingerprint density at radius 1 is 1.43 bits per heavy atom. The molecule has 1 saturated heterocycles. The standard InChI is InChI=1S/C16H25N3O2/c1-3-15-12(7-8-21-15)10-19-14-6-5-11(9-13(14)17)16(20)18-4-2/h5-6,9,12,15,19H,3-4,7-8,10,17H2,1-2H3,(H,18,20). The molecule has 21 heavy (non-hydrogen) atoms. The van der Waals surface area contributed by atoms with Gasteiger partial charge in [0.1, 0.15) is 0 Å². The van der Waals surface area contributed by atoms with E-state index in [1.54, 1.807) is 12.1 Å². The lowest BCUT2D eigenvalue weighted by atomic mass is 9.99. The first-order valence-corrected chi connectivity index (χ1v) is 7.68. The summed E-state index contributed by atoms with van der Waals surface area (Å²) in [7, 11) is 0. The second-order valence-electron chi connectivity index (χ2n) is 5.41. The van der Waals surface area contributed by atoms with Gasteiger partial charge in [-0.1, -0.05) is 6.92 Å². The molecule has 1 fully saturated rings. The minimum atomic E-state index is -0.0917. The highest BCUT2D eigenvalue weighted by Crippen LogP contribution is 2.26. The first-order chi connectivity index (χ1) is 10.2. The number of nitrogen functional groups attached to an aromatic ring is 1. The number of anilines is 2. The van der Waals surface area contributed by atoms with E-state index in [9.17, 15) is 4.79 Å². The number of rotatable bonds is 6. The number of carbonyl (C=O) groups excluding carboxylic acids is 1. The molecule has 1 aromatic rings. The van der Waals surface area contributed by atoms with Crippen LogP contribution in [0.1, 0.15) is 37.0 Å². The van der Waals surface area contributed by atoms with Crippen molar-refractivity contribution in [2.75, 3.05) is 30.7 Å². The van der Waals surface area contributed by atoms with Crippen LogP contribution in [0.5, 0.6) is 0 Å². The van der Waals surface area contributed by atoms with Gasteiger partial charge in [0.25, 0.3) is 5.91 Å². The third-order valence-electron chi connectivity index (χ3n) is 3.95. The summed E-state index contributed by atoms with van der Waals surface area (Å²) in [5.41, 5.74) is 8.11. The number of hydrogen-bond acceptors (Lipinski definition) is 4. The molecule has 0 spiro atoms. The van der Waals surface area contributed by atoms with Crippen LogP contribution in [-0.4, -0.2) is 31.7 Å². The molecule has 0 saturated carbocycles. The normalized spacial score (nSPS) is 21.2. The average Bonchev–Trinajstić information content (AvgIpc) is 2.93. The van der Waals surface area contributed by atoms with Crippen molar-refractivity contribution in [2.24, 2.45) is 5.92 Å². The number of hydrogen-bond donors (Lipinski definition) is 3. The van der Waals surface area contributed by atoms with Gasteiger partial charge < -0.3 is 21.1 Å². The molecular weight excluding hydrogens is 266 g/mol. The summed E-state index contributed by atoms with van der Waals surface area (Å²) >= 11 is 0. The van der Waals surface area contributed by atoms with E-state index in [0.29, 0.717) is 29.8 Å². The molecule has 1 aliphatic rings. The van der Waals surface area contributed by atoms with Gasteiger partial charge in [-0.15, -0.1) is 0 Å². The SMILES string of the molecule is CCNC(=O)c1ccc(NCC2CCOC2CC)c(N)c1. The second-order valence-corrected chi connectivity index (χ2v) is 5.41. The molecule has 5 nitrogen and oxygen atoms in total. The molecule has 1 amide bonds. The molecule has 5 heteroatoms. The van der Waals surface area contributed by atoms with Gasteiger partial charge >= 0.3 is 0 Å². The van der Waals surface area contributed by atoms with Crippen LogP contribution in [0, 0.1) is 5.92 Å². The van der Waals surface area contributed by atoms with Crippen molar-refractivity contribution in [1.82, 2.24) is 5.32 Å². The van der Waals surface area contributed by atoms with Crippen LogP contribution in [0.25, 0.3) is 0 Å². The largest absolute Gasteiger partial charge is 0.397 e. The number of nitrogens with one attached hydrogen (secondary N) is 2. The van der Waals surface area contributed by atoms with E-state index in [2.05, 4.69) is 17.6 Å². The molecule has 2 rings (SSSR count). The van der Waals surface area contributed by atoms with Gasteiger partial charge in [-0.3, -0.25) is 4.79 Å². The highest BCUT2D eigenvalue weighted by Gasteiger charge is 2.26. The van der Waals surface area contributed by atoms with Gasteiger partial charge in [0.05, 0.1) is 17.5 Å². The minimum Gasteiger partial charge on any atom is -0.397 e. The fourth-order valence-corrected chi connectivity index (χ4v) is 2.75. The third-order valence-corrected chi connectivity index (χ3v) is 3.95. The van der Waals surface area contributed by atoms with Crippen molar-refractivity contribution in [3.05, 3.63) is 23.8 Å². The zero-order valence-corrected chi connectivity index (χ0v) is 12.8. The molecule has 1 aromatic carbocycles. The van der Waals surface area contributed by atoms with Crippen molar-refractivity contribution in [3.63, 3.8) is 0 Å². The Hall–Kier alpha value is -1.75. The Bertz CT molecular complexity index is 490. The summed E-state index contributed by atoms with van der Waals surface area (Å²) in [6.45, 7) is 6.35. The molecule has 1 heterocycles. The lowest BCUT2D eigenvalue weighted by Crippen LogP contribution is -2.24. The maximum Gasteiger partial charge on any atom is 0.251 e. The fourth-order valence-electron chi connectivity index (χ4n) is 2.75. The molecule has 4 N–H and O–H groups in total. The predicted molar refractivity (Wildman–Crippen MR) is 85.5 cm³/mol. The van der Waals surface area contributed by atoms with Crippen molar-refractivity contribution in [1.29, 1.82) is 0 Å². The number of carbonyl (C=O) groups is 1. The Morgan fingerprint density at radius 2 is 2.24 bits per heavy atom. The van der Waals surface area contributed by atoms with Crippen molar-refractivity contribution in [2.45, 2.75) is 32.8 Å². The average molecular weight is 291 g/mol. The van der Waals surface area contributed by atoms with Crippen LogP contribution in [0.3, 0.4) is 0 Å². The molecule has 0 radical (unpaired) electrons. The van der Waals surface area contributed by atoms with Crippen LogP contribution < -0.4 is 16.4 Å². The fraction of sp³-hybridized carbons (Fsp3) is 0.562. The van der Waals surface area contributed by atoms with Gasteiger partial charge in [-0.2, -0.15) is 0 Å². The monoisotopic (exact) mass is 291 g/mol. The molecule has 0 bridgehead atoms. The van der Waals surface area contributed by atoms with E-state index in [1.807, 2.05) is 13.0 Å². The number of benzene rings is 1. The summed E-state index contributed by atoms with van der Waals surface area (Å²) in [4.78, 5) is 11.8. The third kappa shape index (κ3) is 3.88. The van der Waals surface area contributed by atoms with E-state index in [0.717, 1.165) is 31.7 Å². The van der Waals surface area contributed by atoms with E-state index >= 15 is 0 Å². The van der Waals surface area contributed by atoms with E-state index < -0.39 is 0 Å². The number of amides is 1.